The fourth-order valence-corrected chi connectivity index (χ4v) is 9.94. The van der Waals surface area contributed by atoms with Crippen LogP contribution in [-0.2, 0) is 19.2 Å². The molecule has 250 valence electrons. The normalized spacial score (nSPS) is 29.3. The van der Waals surface area contributed by atoms with Crippen LogP contribution in [0.25, 0.3) is 22.6 Å². The molecule has 10 nitrogen and oxygen atoms in total. The Bertz CT molecular complexity index is 2120. The number of imide groups is 2. The summed E-state index contributed by atoms with van der Waals surface area (Å²) in [7, 11) is 1.38. The number of fused-ring (bicyclic) bond motifs is 5. The number of allylic oxidation sites excluding steroid dienone is 2. The molecule has 1 saturated carbocycles. The van der Waals surface area contributed by atoms with Crippen LogP contribution in [0.2, 0.25) is 0 Å². The van der Waals surface area contributed by atoms with Crippen LogP contribution in [0.1, 0.15) is 24.3 Å². The Kier molecular flexibility index (Phi) is 7.57. The van der Waals surface area contributed by atoms with Gasteiger partial charge in [0.15, 0.2) is 26.8 Å². The minimum Gasteiger partial charge on any atom is -0.504 e. The van der Waals surface area contributed by atoms with Gasteiger partial charge in [0.05, 0.1) is 30.1 Å². The first kappa shape index (κ1) is 32.5. The van der Waals surface area contributed by atoms with Crippen LogP contribution >= 0.6 is 55.1 Å². The Hall–Kier alpha value is -3.71. The van der Waals surface area contributed by atoms with E-state index < -0.39 is 51.1 Å². The standard InChI is InChI=1S/C35H25Br2Cl2N3O7/c1-48-25-13-17(37)12-21(28(25)43)27-19-10-11-20-26(22(19)14-34(38)32(46)41(15-36)33(47)35(27,34)39)31(45)42(30(20)44)18-8-6-16(7-9-18)29-40-23-4-2-3-5-24(23)49-29/h2-10,12-13,20,22,26-27,43H,11,14-15H2,1H3. The number of nitrogens with zero attached hydrogens (tertiary/aromatic N) is 3. The van der Waals surface area contributed by atoms with Gasteiger partial charge in [-0.25, -0.2) is 4.98 Å². The second-order valence-corrected chi connectivity index (χ2v) is 15.2. The molecule has 6 atom stereocenters. The smallest absolute Gasteiger partial charge is 0.254 e. The first-order valence-electron chi connectivity index (χ1n) is 15.3. The maximum Gasteiger partial charge on any atom is 0.254 e. The molecule has 0 radical (unpaired) electrons. The van der Waals surface area contributed by atoms with E-state index in [2.05, 4.69) is 36.8 Å². The summed E-state index contributed by atoms with van der Waals surface area (Å²) in [5.74, 6) is -5.62. The number of ether oxygens (including phenoxy) is 1. The van der Waals surface area contributed by atoms with Crippen molar-refractivity contribution in [2.24, 2.45) is 17.8 Å². The van der Waals surface area contributed by atoms with Gasteiger partial charge < -0.3 is 14.3 Å². The molecule has 0 spiro atoms. The van der Waals surface area contributed by atoms with E-state index in [1.54, 1.807) is 36.4 Å². The fraction of sp³-hybridized carbons (Fsp3) is 0.286. The van der Waals surface area contributed by atoms with Crippen molar-refractivity contribution in [3.63, 3.8) is 0 Å². The molecule has 3 aromatic carbocycles. The summed E-state index contributed by atoms with van der Waals surface area (Å²) in [5, 5.41) is 11.4. The van der Waals surface area contributed by atoms with Gasteiger partial charge in [-0.15, -0.1) is 23.2 Å². The Labute approximate surface area is 306 Å². The van der Waals surface area contributed by atoms with Gasteiger partial charge in [-0.05, 0) is 67.3 Å². The number of likely N-dealkylation sites (tertiary alicyclic amines) is 1. The van der Waals surface area contributed by atoms with Gasteiger partial charge in [-0.1, -0.05) is 55.6 Å². The zero-order valence-corrected chi connectivity index (χ0v) is 30.2. The van der Waals surface area contributed by atoms with Crippen molar-refractivity contribution in [2.45, 2.75) is 28.5 Å². The molecule has 0 bridgehead atoms. The van der Waals surface area contributed by atoms with Crippen LogP contribution in [-0.4, -0.2) is 60.9 Å². The molecule has 3 fully saturated rings. The molecular weight excluding hydrogens is 805 g/mol. The monoisotopic (exact) mass is 827 g/mol. The number of alkyl halides is 3. The van der Waals surface area contributed by atoms with Crippen LogP contribution in [0.15, 0.2) is 81.2 Å². The zero-order valence-electron chi connectivity index (χ0n) is 25.5. The van der Waals surface area contributed by atoms with Crippen LogP contribution in [0, 0.1) is 17.8 Å². The number of para-hydroxylation sites is 2. The van der Waals surface area contributed by atoms with Gasteiger partial charge in [0, 0.05) is 21.5 Å². The lowest BCUT2D eigenvalue weighted by atomic mass is 9.56. The summed E-state index contributed by atoms with van der Waals surface area (Å²) in [6, 6.07) is 17.3. The second-order valence-electron chi connectivity index (χ2n) is 12.6. The number of aromatic nitrogens is 1. The molecule has 14 heteroatoms. The number of benzene rings is 3. The van der Waals surface area contributed by atoms with Gasteiger partial charge >= 0.3 is 0 Å². The summed E-state index contributed by atoms with van der Waals surface area (Å²) >= 11 is 21.3. The quantitative estimate of drug-likeness (QED) is 0.0998. The number of carbonyl (C=O) groups excluding carboxylic acids is 4. The Morgan fingerprint density at radius 3 is 2.45 bits per heavy atom. The molecule has 2 aliphatic carbocycles. The van der Waals surface area contributed by atoms with Crippen LogP contribution in [0.4, 0.5) is 5.69 Å². The lowest BCUT2D eigenvalue weighted by Crippen LogP contribution is -2.60. The van der Waals surface area contributed by atoms with Crippen LogP contribution in [0.3, 0.4) is 0 Å². The van der Waals surface area contributed by atoms with E-state index in [1.165, 1.54) is 12.0 Å². The Morgan fingerprint density at radius 1 is 1.02 bits per heavy atom. The van der Waals surface area contributed by atoms with Crippen molar-refractivity contribution in [1.82, 2.24) is 9.88 Å². The van der Waals surface area contributed by atoms with Gasteiger partial charge in [-0.2, -0.15) is 0 Å². The number of anilines is 1. The lowest BCUT2D eigenvalue weighted by Gasteiger charge is -2.50. The largest absolute Gasteiger partial charge is 0.504 e. The number of amides is 4. The zero-order chi connectivity index (χ0) is 34.6. The van der Waals surface area contributed by atoms with Crippen molar-refractivity contribution >= 4 is 95.5 Å². The van der Waals surface area contributed by atoms with Crippen LogP contribution < -0.4 is 9.64 Å². The summed E-state index contributed by atoms with van der Waals surface area (Å²) in [4.78, 5) is 59.0. The molecule has 3 heterocycles. The van der Waals surface area contributed by atoms with Gasteiger partial charge in [0.25, 0.3) is 11.8 Å². The van der Waals surface area contributed by atoms with Gasteiger partial charge in [0.2, 0.25) is 17.7 Å². The number of carbonyl (C=O) groups is 4. The van der Waals surface area contributed by atoms with E-state index in [9.17, 15) is 24.3 Å². The van der Waals surface area contributed by atoms with E-state index in [4.69, 9.17) is 32.4 Å². The van der Waals surface area contributed by atoms with E-state index in [1.807, 2.05) is 30.3 Å². The molecular formula is C35H25Br2Cl2N3O7. The number of methoxy groups -OCH3 is 1. The highest BCUT2D eigenvalue weighted by Gasteiger charge is 2.76. The lowest BCUT2D eigenvalue weighted by molar-refractivity contribution is -0.138. The van der Waals surface area contributed by atoms with Gasteiger partial charge in [-0.3, -0.25) is 29.0 Å². The van der Waals surface area contributed by atoms with Gasteiger partial charge in [0.1, 0.15) is 5.52 Å². The number of oxazole rings is 1. The number of phenols is 1. The minimum atomic E-state index is -2.07. The third-order valence-electron chi connectivity index (χ3n) is 10.3. The summed E-state index contributed by atoms with van der Waals surface area (Å²) in [6.07, 6.45) is 1.81. The van der Waals surface area contributed by atoms with Crippen molar-refractivity contribution < 1.29 is 33.4 Å². The predicted octanol–water partition coefficient (Wildman–Crippen LogP) is 6.89. The van der Waals surface area contributed by atoms with Crippen LogP contribution in [0.5, 0.6) is 11.5 Å². The molecule has 1 N–H and O–H groups in total. The van der Waals surface area contributed by atoms with Crippen molar-refractivity contribution in [3.05, 3.63) is 82.3 Å². The van der Waals surface area contributed by atoms with E-state index in [0.29, 0.717) is 38.3 Å². The number of rotatable bonds is 5. The number of hydrogen-bond donors (Lipinski definition) is 1. The molecule has 4 aliphatic rings. The Morgan fingerprint density at radius 2 is 1.76 bits per heavy atom. The van der Waals surface area contributed by atoms with Crippen molar-refractivity contribution in [1.29, 1.82) is 0 Å². The third kappa shape index (κ3) is 4.39. The number of phenolic OH excluding ortho intramolecular Hbond substituents is 1. The molecule has 2 aliphatic heterocycles. The number of hydrogen-bond acceptors (Lipinski definition) is 8. The number of aromatic hydroxyl groups is 1. The SMILES string of the molecule is COc1cc(Br)cc(C2C3=CCC4C(=O)N(c5ccc(-c6nc7ccccc7o6)cc5)C(=O)C4C3CC3(Cl)C(=O)N(CBr)C(=O)C23Cl)c1O. The predicted molar refractivity (Wildman–Crippen MR) is 188 cm³/mol. The molecule has 6 unspecified atom stereocenters. The average molecular weight is 830 g/mol. The molecule has 8 rings (SSSR count). The molecule has 2 saturated heterocycles. The second kappa shape index (κ2) is 11.4. The fourth-order valence-electron chi connectivity index (χ4n) is 8.07. The highest BCUT2D eigenvalue weighted by atomic mass is 79.9. The molecule has 4 amide bonds. The summed E-state index contributed by atoms with van der Waals surface area (Å²) < 4.78 is 11.8. The molecule has 49 heavy (non-hydrogen) atoms. The maximum absolute atomic E-state index is 14.4. The minimum absolute atomic E-state index is 0.106. The summed E-state index contributed by atoms with van der Waals surface area (Å²) in [5.41, 5.74) is 2.98. The maximum atomic E-state index is 14.4. The Balaban J connectivity index is 1.21. The highest BCUT2D eigenvalue weighted by molar-refractivity contribution is 9.10. The first-order chi connectivity index (χ1) is 23.4. The van der Waals surface area contributed by atoms with E-state index in [0.717, 1.165) is 4.90 Å². The first-order valence-corrected chi connectivity index (χ1v) is 18.0. The third-order valence-corrected chi connectivity index (χ3v) is 12.7. The van der Waals surface area contributed by atoms with Crippen molar-refractivity contribution in [3.8, 4) is 23.0 Å². The topological polar surface area (TPSA) is 130 Å². The molecule has 1 aromatic heterocycles. The highest BCUT2D eigenvalue weighted by Crippen LogP contribution is 2.66. The number of halogens is 4. The van der Waals surface area contributed by atoms with Crippen molar-refractivity contribution in [2.75, 3.05) is 17.5 Å². The average Bonchev–Trinajstić information content (AvgIpc) is 3.68. The van der Waals surface area contributed by atoms with E-state index >= 15 is 0 Å². The summed E-state index contributed by atoms with van der Waals surface area (Å²) in [6.45, 7) is 0. The van der Waals surface area contributed by atoms with E-state index in [-0.39, 0.29) is 41.3 Å². The molecule has 4 aromatic rings.